The molecular weight excluding hydrogens is 352 g/mol. The topological polar surface area (TPSA) is 87.0 Å². The smallest absolute Gasteiger partial charge is 0.225 e. The van der Waals surface area contributed by atoms with Gasteiger partial charge in [0.05, 0.1) is 11.6 Å². The van der Waals surface area contributed by atoms with Crippen molar-refractivity contribution in [1.29, 1.82) is 5.26 Å². The fraction of sp³-hybridized carbons (Fsp3) is 0.304. The SMILES string of the molecule is Cc1cc(C)c(C2C(=O)CC(CC(=O)Nc3ccc(C#N)cc3)C2=O)c(C)c1. The first-order chi connectivity index (χ1) is 13.3. The zero-order valence-corrected chi connectivity index (χ0v) is 16.2. The second-order valence-corrected chi connectivity index (χ2v) is 7.46. The van der Waals surface area contributed by atoms with Gasteiger partial charge in [-0.15, -0.1) is 0 Å². The summed E-state index contributed by atoms with van der Waals surface area (Å²) in [5.41, 5.74) is 4.81. The molecule has 142 valence electrons. The van der Waals surface area contributed by atoms with Crippen molar-refractivity contribution >= 4 is 23.2 Å². The van der Waals surface area contributed by atoms with Crippen molar-refractivity contribution in [3.63, 3.8) is 0 Å². The lowest BCUT2D eigenvalue weighted by Gasteiger charge is -2.16. The second-order valence-electron chi connectivity index (χ2n) is 7.46. The molecule has 0 spiro atoms. The third-order valence-electron chi connectivity index (χ3n) is 5.21. The van der Waals surface area contributed by atoms with Crippen molar-refractivity contribution in [2.75, 3.05) is 5.32 Å². The Morgan fingerprint density at radius 3 is 2.29 bits per heavy atom. The number of amides is 1. The summed E-state index contributed by atoms with van der Waals surface area (Å²) in [7, 11) is 0. The molecule has 5 heteroatoms. The first kappa shape index (κ1) is 19.5. The Hall–Kier alpha value is -3.26. The predicted octanol–water partition coefficient (Wildman–Crippen LogP) is 3.75. The standard InChI is InChI=1S/C23H22N2O3/c1-13-8-14(2)21(15(3)9-13)22-19(26)10-17(23(22)28)11-20(27)25-18-6-4-16(12-24)5-7-18/h4-9,17,22H,10-11H2,1-3H3,(H,25,27). The monoisotopic (exact) mass is 374 g/mol. The number of nitrogens with one attached hydrogen (secondary N) is 1. The van der Waals surface area contributed by atoms with E-state index in [9.17, 15) is 14.4 Å². The number of hydrogen-bond acceptors (Lipinski definition) is 4. The van der Waals surface area contributed by atoms with E-state index in [2.05, 4.69) is 5.32 Å². The van der Waals surface area contributed by atoms with E-state index >= 15 is 0 Å². The fourth-order valence-electron chi connectivity index (χ4n) is 4.04. The molecule has 0 aromatic heterocycles. The van der Waals surface area contributed by atoms with Crippen LogP contribution in [0.5, 0.6) is 0 Å². The summed E-state index contributed by atoms with van der Waals surface area (Å²) < 4.78 is 0. The van der Waals surface area contributed by atoms with Gasteiger partial charge in [-0.25, -0.2) is 0 Å². The molecule has 1 saturated carbocycles. The van der Waals surface area contributed by atoms with E-state index in [4.69, 9.17) is 5.26 Å². The van der Waals surface area contributed by atoms with Crippen LogP contribution in [0.15, 0.2) is 36.4 Å². The van der Waals surface area contributed by atoms with Crippen LogP contribution < -0.4 is 5.32 Å². The molecule has 28 heavy (non-hydrogen) atoms. The zero-order valence-electron chi connectivity index (χ0n) is 16.2. The number of Topliss-reactive ketones (excluding diaryl/α,β-unsaturated/α-hetero) is 2. The van der Waals surface area contributed by atoms with Crippen LogP contribution in [0, 0.1) is 38.0 Å². The van der Waals surface area contributed by atoms with Crippen LogP contribution in [-0.2, 0) is 14.4 Å². The molecule has 0 heterocycles. The van der Waals surface area contributed by atoms with Crippen LogP contribution in [0.4, 0.5) is 5.69 Å². The van der Waals surface area contributed by atoms with E-state index in [1.54, 1.807) is 24.3 Å². The summed E-state index contributed by atoms with van der Waals surface area (Å²) in [6, 6.07) is 12.5. The van der Waals surface area contributed by atoms with Crippen molar-refractivity contribution in [2.45, 2.75) is 39.5 Å². The normalized spacial score (nSPS) is 18.8. The largest absolute Gasteiger partial charge is 0.326 e. The maximum atomic E-state index is 12.9. The van der Waals surface area contributed by atoms with E-state index in [0.717, 1.165) is 22.3 Å². The molecule has 2 unspecified atom stereocenters. The number of carbonyl (C=O) groups is 3. The van der Waals surface area contributed by atoms with Crippen LogP contribution in [0.1, 0.15) is 46.6 Å². The van der Waals surface area contributed by atoms with Gasteiger partial charge in [0, 0.05) is 24.4 Å². The molecule has 0 saturated heterocycles. The molecule has 0 bridgehead atoms. The molecule has 0 radical (unpaired) electrons. The van der Waals surface area contributed by atoms with Gasteiger partial charge in [-0.05, 0) is 61.7 Å². The molecule has 3 rings (SSSR count). The number of carbonyl (C=O) groups excluding carboxylic acids is 3. The van der Waals surface area contributed by atoms with Gasteiger partial charge in [0.15, 0.2) is 5.78 Å². The summed E-state index contributed by atoms with van der Waals surface area (Å²) in [5.74, 6) is -1.97. The van der Waals surface area contributed by atoms with Gasteiger partial charge in [0.1, 0.15) is 11.7 Å². The summed E-state index contributed by atoms with van der Waals surface area (Å²) in [5, 5.41) is 11.5. The lowest BCUT2D eigenvalue weighted by molar-refractivity contribution is -0.127. The average Bonchev–Trinajstić information content (AvgIpc) is 2.89. The number of hydrogen-bond donors (Lipinski definition) is 1. The number of benzene rings is 2. The highest BCUT2D eigenvalue weighted by molar-refractivity contribution is 6.16. The molecule has 1 amide bonds. The summed E-state index contributed by atoms with van der Waals surface area (Å²) in [4.78, 5) is 37.9. The highest BCUT2D eigenvalue weighted by Gasteiger charge is 2.43. The second kappa shape index (κ2) is 7.77. The Kier molecular flexibility index (Phi) is 5.41. The van der Waals surface area contributed by atoms with E-state index in [1.165, 1.54) is 0 Å². The van der Waals surface area contributed by atoms with E-state index in [-0.39, 0.29) is 30.3 Å². The molecular formula is C23H22N2O3. The predicted molar refractivity (Wildman–Crippen MR) is 106 cm³/mol. The van der Waals surface area contributed by atoms with Gasteiger partial charge in [-0.1, -0.05) is 17.7 Å². The summed E-state index contributed by atoms with van der Waals surface area (Å²) in [6.45, 7) is 5.82. The van der Waals surface area contributed by atoms with Crippen LogP contribution >= 0.6 is 0 Å². The molecule has 2 aromatic rings. The van der Waals surface area contributed by atoms with Gasteiger partial charge in [0.2, 0.25) is 5.91 Å². The van der Waals surface area contributed by atoms with E-state index in [0.29, 0.717) is 11.3 Å². The Morgan fingerprint density at radius 2 is 1.71 bits per heavy atom. The van der Waals surface area contributed by atoms with Gasteiger partial charge in [-0.3, -0.25) is 14.4 Å². The number of nitriles is 1. The Bertz CT molecular complexity index is 976. The lowest BCUT2D eigenvalue weighted by atomic mass is 9.86. The molecule has 1 aliphatic carbocycles. The maximum absolute atomic E-state index is 12.9. The summed E-state index contributed by atoms with van der Waals surface area (Å²) >= 11 is 0. The van der Waals surface area contributed by atoms with Crippen molar-refractivity contribution in [2.24, 2.45) is 5.92 Å². The van der Waals surface area contributed by atoms with Crippen LogP contribution in [-0.4, -0.2) is 17.5 Å². The zero-order chi connectivity index (χ0) is 20.4. The van der Waals surface area contributed by atoms with Gasteiger partial charge in [-0.2, -0.15) is 5.26 Å². The van der Waals surface area contributed by atoms with Gasteiger partial charge < -0.3 is 5.32 Å². The first-order valence-corrected chi connectivity index (χ1v) is 9.24. The first-order valence-electron chi connectivity index (χ1n) is 9.24. The van der Waals surface area contributed by atoms with Gasteiger partial charge in [0.25, 0.3) is 0 Å². The average molecular weight is 374 g/mol. The Balaban J connectivity index is 1.73. The lowest BCUT2D eigenvalue weighted by Crippen LogP contribution is -2.22. The highest BCUT2D eigenvalue weighted by Crippen LogP contribution is 2.37. The molecule has 1 N–H and O–H groups in total. The summed E-state index contributed by atoms with van der Waals surface area (Å²) in [6.07, 6.45) is 0.0715. The Morgan fingerprint density at radius 1 is 1.11 bits per heavy atom. The number of ketones is 2. The minimum Gasteiger partial charge on any atom is -0.326 e. The third-order valence-corrected chi connectivity index (χ3v) is 5.21. The molecule has 5 nitrogen and oxygen atoms in total. The van der Waals surface area contributed by atoms with E-state index in [1.807, 2.05) is 39.0 Å². The van der Waals surface area contributed by atoms with Crippen LogP contribution in [0.3, 0.4) is 0 Å². The quantitative estimate of drug-likeness (QED) is 0.826. The van der Waals surface area contributed by atoms with Crippen molar-refractivity contribution in [1.82, 2.24) is 0 Å². The van der Waals surface area contributed by atoms with Crippen LogP contribution in [0.2, 0.25) is 0 Å². The number of rotatable bonds is 4. The molecule has 2 atom stereocenters. The highest BCUT2D eigenvalue weighted by atomic mass is 16.2. The molecule has 2 aromatic carbocycles. The van der Waals surface area contributed by atoms with Gasteiger partial charge >= 0.3 is 0 Å². The molecule has 1 aliphatic rings. The van der Waals surface area contributed by atoms with Crippen LogP contribution in [0.25, 0.3) is 0 Å². The van der Waals surface area contributed by atoms with Crippen molar-refractivity contribution in [3.05, 3.63) is 64.2 Å². The molecule has 0 aliphatic heterocycles. The maximum Gasteiger partial charge on any atom is 0.225 e. The fourth-order valence-corrected chi connectivity index (χ4v) is 4.04. The third kappa shape index (κ3) is 3.86. The minimum absolute atomic E-state index is 0.0228. The molecule has 1 fully saturated rings. The number of aryl methyl sites for hydroxylation is 3. The van der Waals surface area contributed by atoms with Crippen molar-refractivity contribution < 1.29 is 14.4 Å². The van der Waals surface area contributed by atoms with E-state index < -0.39 is 11.8 Å². The number of anilines is 1. The number of nitrogens with zero attached hydrogens (tertiary/aromatic N) is 1. The Labute approximate surface area is 164 Å². The van der Waals surface area contributed by atoms with Crippen molar-refractivity contribution in [3.8, 4) is 6.07 Å². The minimum atomic E-state index is -0.770.